The molecular formula is C25H31N. The van der Waals surface area contributed by atoms with Crippen LogP contribution in [0.2, 0.25) is 0 Å². The van der Waals surface area contributed by atoms with Crippen molar-refractivity contribution in [1.29, 1.82) is 0 Å². The second kappa shape index (κ2) is 6.16. The van der Waals surface area contributed by atoms with Crippen LogP contribution in [-0.4, -0.2) is 0 Å². The molecule has 2 aromatic rings. The molecule has 0 N–H and O–H groups in total. The molecular weight excluding hydrogens is 314 g/mol. The van der Waals surface area contributed by atoms with Crippen molar-refractivity contribution in [3.05, 3.63) is 71.9 Å². The molecule has 0 bridgehead atoms. The lowest BCUT2D eigenvalue weighted by molar-refractivity contribution is 0.225. The zero-order chi connectivity index (χ0) is 19.3. The van der Waals surface area contributed by atoms with E-state index in [4.69, 9.17) is 0 Å². The molecule has 2 aromatic carbocycles. The molecule has 0 spiro atoms. The summed E-state index contributed by atoms with van der Waals surface area (Å²) in [5.41, 5.74) is 8.92. The molecule has 1 heterocycles. The van der Waals surface area contributed by atoms with Crippen molar-refractivity contribution in [2.24, 2.45) is 5.41 Å². The number of aryl methyl sites for hydroxylation is 1. The summed E-state index contributed by atoms with van der Waals surface area (Å²) in [6.45, 7) is 20.4. The first-order valence-corrected chi connectivity index (χ1v) is 9.45. The number of benzene rings is 2. The zero-order valence-corrected chi connectivity index (χ0v) is 17.3. The van der Waals surface area contributed by atoms with Gasteiger partial charge < -0.3 is 4.90 Å². The minimum atomic E-state index is 0.0189. The summed E-state index contributed by atoms with van der Waals surface area (Å²) >= 11 is 0. The van der Waals surface area contributed by atoms with Gasteiger partial charge in [0.1, 0.15) is 0 Å². The van der Waals surface area contributed by atoms with Gasteiger partial charge in [0.15, 0.2) is 0 Å². The van der Waals surface area contributed by atoms with Crippen LogP contribution in [0.4, 0.5) is 5.69 Å². The molecule has 3 rings (SSSR count). The van der Waals surface area contributed by atoms with Crippen LogP contribution < -0.4 is 4.90 Å². The van der Waals surface area contributed by atoms with E-state index in [9.17, 15) is 0 Å². The predicted molar refractivity (Wildman–Crippen MR) is 115 cm³/mol. The van der Waals surface area contributed by atoms with Gasteiger partial charge in [0.05, 0.1) is 5.69 Å². The van der Waals surface area contributed by atoms with E-state index in [0.29, 0.717) is 0 Å². The lowest BCUT2D eigenvalue weighted by atomic mass is 9.63. The Bertz CT molecular complexity index is 891. The largest absolute Gasteiger partial charge is 0.317 e. The van der Waals surface area contributed by atoms with Gasteiger partial charge in [-0.3, -0.25) is 0 Å². The van der Waals surface area contributed by atoms with Gasteiger partial charge in [-0.15, -0.1) is 0 Å². The highest BCUT2D eigenvalue weighted by molar-refractivity contribution is 6.00. The highest BCUT2D eigenvalue weighted by Gasteiger charge is 2.38. The smallest absolute Gasteiger partial charge is 0.0536 e. The summed E-state index contributed by atoms with van der Waals surface area (Å²) in [6.07, 6.45) is 4.21. The average molecular weight is 346 g/mol. The maximum atomic E-state index is 4.52. The molecule has 1 heteroatoms. The van der Waals surface area contributed by atoms with E-state index >= 15 is 0 Å². The lowest BCUT2D eigenvalue weighted by Crippen LogP contribution is -2.36. The van der Waals surface area contributed by atoms with Crippen molar-refractivity contribution in [2.45, 2.75) is 53.9 Å². The molecule has 1 aliphatic rings. The SMILES string of the molecule is C=C1c2c(cccc2C(C)(C)C(C)(C)C)-c2ccc(C)cc2N1/C=C\C. The topological polar surface area (TPSA) is 3.24 Å². The number of hydrogen-bond acceptors (Lipinski definition) is 1. The third-order valence-corrected chi connectivity index (χ3v) is 6.19. The number of rotatable bonds is 2. The minimum Gasteiger partial charge on any atom is -0.317 e. The first kappa shape index (κ1) is 18.5. The molecule has 0 atom stereocenters. The molecule has 0 aliphatic carbocycles. The van der Waals surface area contributed by atoms with Gasteiger partial charge in [-0.1, -0.05) is 77.6 Å². The summed E-state index contributed by atoms with van der Waals surface area (Å²) in [4.78, 5) is 2.24. The van der Waals surface area contributed by atoms with Gasteiger partial charge in [-0.2, -0.15) is 0 Å². The second-order valence-corrected chi connectivity index (χ2v) is 8.92. The van der Waals surface area contributed by atoms with Crippen LogP contribution in [-0.2, 0) is 5.41 Å². The van der Waals surface area contributed by atoms with Crippen LogP contribution in [0.15, 0.2) is 55.3 Å². The normalized spacial score (nSPS) is 14.6. The van der Waals surface area contributed by atoms with Crippen LogP contribution in [0.3, 0.4) is 0 Å². The van der Waals surface area contributed by atoms with E-state index in [1.165, 1.54) is 33.5 Å². The van der Waals surface area contributed by atoms with Crippen LogP contribution in [0.1, 0.15) is 58.2 Å². The van der Waals surface area contributed by atoms with Crippen LogP contribution in [0, 0.1) is 12.3 Å². The van der Waals surface area contributed by atoms with Crippen LogP contribution in [0.5, 0.6) is 0 Å². The van der Waals surface area contributed by atoms with E-state index in [1.54, 1.807) is 0 Å². The third-order valence-electron chi connectivity index (χ3n) is 6.19. The molecule has 1 aliphatic heterocycles. The van der Waals surface area contributed by atoms with E-state index in [1.807, 2.05) is 0 Å². The molecule has 0 unspecified atom stereocenters. The highest BCUT2D eigenvalue weighted by Crippen LogP contribution is 2.50. The molecule has 136 valence electrons. The Morgan fingerprint density at radius 2 is 1.65 bits per heavy atom. The molecule has 0 amide bonds. The van der Waals surface area contributed by atoms with Gasteiger partial charge >= 0.3 is 0 Å². The third kappa shape index (κ3) is 2.70. The van der Waals surface area contributed by atoms with E-state index in [2.05, 4.69) is 109 Å². The van der Waals surface area contributed by atoms with Crippen molar-refractivity contribution in [1.82, 2.24) is 0 Å². The number of fused-ring (bicyclic) bond motifs is 3. The van der Waals surface area contributed by atoms with Crippen molar-refractivity contribution in [3.8, 4) is 11.1 Å². The number of anilines is 1. The van der Waals surface area contributed by atoms with Gasteiger partial charge in [-0.05, 0) is 47.4 Å². The van der Waals surface area contributed by atoms with Crippen molar-refractivity contribution >= 4 is 11.4 Å². The quantitative estimate of drug-likeness (QED) is 0.551. The summed E-state index contributed by atoms with van der Waals surface area (Å²) in [5, 5.41) is 0. The Morgan fingerprint density at radius 3 is 2.27 bits per heavy atom. The Morgan fingerprint density at radius 1 is 0.962 bits per heavy atom. The van der Waals surface area contributed by atoms with Crippen molar-refractivity contribution in [2.75, 3.05) is 4.90 Å². The van der Waals surface area contributed by atoms with E-state index in [-0.39, 0.29) is 10.8 Å². The molecule has 0 fully saturated rings. The molecule has 0 saturated carbocycles. The maximum Gasteiger partial charge on any atom is 0.0536 e. The standard InChI is InChI=1S/C25H31N/c1-9-15-26-18(3)23-20(19-14-13-17(2)16-22(19)26)11-10-12-21(23)25(7,8)24(4,5)6/h9-16H,3H2,1-2,4-8H3/b15-9-. The fraction of sp³-hybridized carbons (Fsp3) is 0.360. The monoisotopic (exact) mass is 345 g/mol. The van der Waals surface area contributed by atoms with Gasteiger partial charge in [-0.25, -0.2) is 0 Å². The summed E-state index contributed by atoms with van der Waals surface area (Å²) < 4.78 is 0. The molecule has 0 aromatic heterocycles. The summed E-state index contributed by atoms with van der Waals surface area (Å²) in [5.74, 6) is 0. The van der Waals surface area contributed by atoms with Crippen LogP contribution in [0.25, 0.3) is 16.8 Å². The Labute approximate surface area is 159 Å². The molecule has 26 heavy (non-hydrogen) atoms. The number of allylic oxidation sites excluding steroid dienone is 1. The number of hydrogen-bond donors (Lipinski definition) is 0. The first-order chi connectivity index (χ1) is 12.1. The van der Waals surface area contributed by atoms with Gasteiger partial charge in [0.25, 0.3) is 0 Å². The molecule has 0 radical (unpaired) electrons. The fourth-order valence-corrected chi connectivity index (χ4v) is 3.67. The highest BCUT2D eigenvalue weighted by atomic mass is 15.1. The maximum absolute atomic E-state index is 4.52. The van der Waals surface area contributed by atoms with Crippen molar-refractivity contribution in [3.63, 3.8) is 0 Å². The lowest BCUT2D eigenvalue weighted by Gasteiger charge is -2.43. The first-order valence-electron chi connectivity index (χ1n) is 9.45. The second-order valence-electron chi connectivity index (χ2n) is 8.92. The summed E-state index contributed by atoms with van der Waals surface area (Å²) in [6, 6.07) is 13.4. The summed E-state index contributed by atoms with van der Waals surface area (Å²) in [7, 11) is 0. The minimum absolute atomic E-state index is 0.0189. The molecule has 1 nitrogen and oxygen atoms in total. The zero-order valence-electron chi connectivity index (χ0n) is 17.3. The van der Waals surface area contributed by atoms with Gasteiger partial charge in [0.2, 0.25) is 0 Å². The van der Waals surface area contributed by atoms with E-state index < -0.39 is 0 Å². The van der Waals surface area contributed by atoms with Gasteiger partial charge in [0, 0.05) is 23.0 Å². The molecule has 0 saturated heterocycles. The van der Waals surface area contributed by atoms with Crippen LogP contribution >= 0.6 is 0 Å². The Hall–Kier alpha value is -2.28. The van der Waals surface area contributed by atoms with Crippen molar-refractivity contribution < 1.29 is 0 Å². The number of nitrogens with zero attached hydrogens (tertiary/aromatic N) is 1. The fourth-order valence-electron chi connectivity index (χ4n) is 3.67. The Balaban J connectivity index is 2.37. The predicted octanol–water partition coefficient (Wildman–Crippen LogP) is 7.31. The average Bonchev–Trinajstić information content (AvgIpc) is 2.56. The Kier molecular flexibility index (Phi) is 4.38. The van der Waals surface area contributed by atoms with E-state index in [0.717, 1.165) is 5.70 Å².